The van der Waals surface area contributed by atoms with Crippen LogP contribution in [0.2, 0.25) is 0 Å². The van der Waals surface area contributed by atoms with Crippen LogP contribution in [0.5, 0.6) is 11.5 Å². The third-order valence-electron chi connectivity index (χ3n) is 5.61. The molecule has 2 heterocycles. The molecule has 0 bridgehead atoms. The summed E-state index contributed by atoms with van der Waals surface area (Å²) in [6.45, 7) is 5.06. The van der Waals surface area contributed by atoms with Gasteiger partial charge in [0.05, 0.1) is 5.39 Å². The van der Waals surface area contributed by atoms with Gasteiger partial charge in [0.15, 0.2) is 6.10 Å². The quantitative estimate of drug-likeness (QED) is 0.308. The van der Waals surface area contributed by atoms with Gasteiger partial charge in [0.2, 0.25) is 0 Å². The minimum atomic E-state index is -1.21. The first-order valence-corrected chi connectivity index (χ1v) is 10.7. The van der Waals surface area contributed by atoms with Crippen LogP contribution < -0.4 is 15.7 Å². The minimum Gasteiger partial charge on any atom is -0.508 e. The molecule has 9 heteroatoms. The molecule has 2 aromatic carbocycles. The number of hydrogen-bond acceptors (Lipinski definition) is 6. The molecule has 0 radical (unpaired) electrons. The second-order valence-corrected chi connectivity index (χ2v) is 8.29. The molecule has 4 rings (SSSR count). The lowest BCUT2D eigenvalue weighted by Crippen LogP contribution is -2.47. The van der Waals surface area contributed by atoms with E-state index in [1.165, 1.54) is 25.1 Å². The average Bonchev–Trinajstić information content (AvgIpc) is 3.13. The third kappa shape index (κ3) is 4.59. The van der Waals surface area contributed by atoms with Gasteiger partial charge in [0, 0.05) is 29.6 Å². The number of H-pyrrole nitrogens is 1. The lowest BCUT2D eigenvalue weighted by Gasteiger charge is -2.20. The summed E-state index contributed by atoms with van der Waals surface area (Å²) < 4.78 is 11.2. The molecular weight excluding hydrogens is 440 g/mol. The van der Waals surface area contributed by atoms with Crippen LogP contribution in [-0.2, 0) is 16.0 Å². The fourth-order valence-electron chi connectivity index (χ4n) is 3.96. The standard InChI is InChI=1S/C25H24N2O7/c1-12-6-20(23-13(2)8-22(29)34-21(23)7-12)33-14(3)24(30)27-19(25(31)32)9-15-11-26-18-5-4-16(28)10-17(15)18/h4-8,10-11,14,19,26,28H,9H2,1-3H3,(H,27,30)(H,31,32)/t14-,19-/m0/s1. The van der Waals surface area contributed by atoms with E-state index in [2.05, 4.69) is 10.3 Å². The molecular formula is C25H24N2O7. The van der Waals surface area contributed by atoms with Crippen LogP contribution in [0.4, 0.5) is 0 Å². The van der Waals surface area contributed by atoms with Crippen LogP contribution in [-0.4, -0.2) is 39.2 Å². The van der Waals surface area contributed by atoms with Crippen LogP contribution in [0, 0.1) is 13.8 Å². The Hall–Kier alpha value is -4.27. The molecule has 0 fully saturated rings. The number of carboxylic acids is 1. The molecule has 0 saturated heterocycles. The van der Waals surface area contributed by atoms with E-state index in [4.69, 9.17) is 9.15 Å². The first kappa shape index (κ1) is 22.9. The van der Waals surface area contributed by atoms with Gasteiger partial charge in [-0.05, 0) is 67.8 Å². The number of carboxylic acid groups (broad SMARTS) is 1. The van der Waals surface area contributed by atoms with Gasteiger partial charge in [-0.2, -0.15) is 0 Å². The maximum Gasteiger partial charge on any atom is 0.336 e. The van der Waals surface area contributed by atoms with Gasteiger partial charge in [-0.3, -0.25) is 4.79 Å². The Kier molecular flexibility index (Phi) is 6.02. The lowest BCUT2D eigenvalue weighted by atomic mass is 10.0. The zero-order valence-electron chi connectivity index (χ0n) is 18.8. The highest BCUT2D eigenvalue weighted by molar-refractivity contribution is 5.90. The summed E-state index contributed by atoms with van der Waals surface area (Å²) in [6, 6.07) is 8.32. The number of phenolic OH excluding ortho intramolecular Hbond substituents is 1. The van der Waals surface area contributed by atoms with Crippen LogP contribution in [0.15, 0.2) is 51.8 Å². The van der Waals surface area contributed by atoms with E-state index >= 15 is 0 Å². The summed E-state index contributed by atoms with van der Waals surface area (Å²) in [5.41, 5.74) is 2.66. The number of aryl methyl sites for hydroxylation is 2. The second-order valence-electron chi connectivity index (χ2n) is 8.29. The molecule has 0 saturated carbocycles. The van der Waals surface area contributed by atoms with Crippen molar-refractivity contribution in [3.05, 3.63) is 69.7 Å². The lowest BCUT2D eigenvalue weighted by molar-refractivity contribution is -0.142. The van der Waals surface area contributed by atoms with Crippen molar-refractivity contribution in [2.45, 2.75) is 39.3 Å². The fourth-order valence-corrected chi connectivity index (χ4v) is 3.96. The van der Waals surface area contributed by atoms with Crippen LogP contribution in [0.25, 0.3) is 21.9 Å². The molecule has 176 valence electrons. The van der Waals surface area contributed by atoms with Crippen molar-refractivity contribution in [1.29, 1.82) is 0 Å². The summed E-state index contributed by atoms with van der Waals surface area (Å²) in [5.74, 6) is -1.39. The van der Waals surface area contributed by atoms with Crippen molar-refractivity contribution >= 4 is 33.7 Å². The molecule has 2 aromatic heterocycles. The first-order chi connectivity index (χ1) is 16.1. The molecule has 4 N–H and O–H groups in total. The molecule has 2 atom stereocenters. The molecule has 0 unspecified atom stereocenters. The number of phenols is 1. The number of fused-ring (bicyclic) bond motifs is 2. The molecule has 9 nitrogen and oxygen atoms in total. The average molecular weight is 464 g/mol. The molecule has 4 aromatic rings. The van der Waals surface area contributed by atoms with Crippen LogP contribution in [0.3, 0.4) is 0 Å². The number of rotatable bonds is 7. The summed E-state index contributed by atoms with van der Waals surface area (Å²) in [6.07, 6.45) is 0.640. The zero-order valence-corrected chi connectivity index (χ0v) is 18.8. The number of aromatic nitrogens is 1. The van der Waals surface area contributed by atoms with Crippen molar-refractivity contribution < 1.29 is 29.0 Å². The Balaban J connectivity index is 1.54. The number of hydrogen-bond donors (Lipinski definition) is 4. The first-order valence-electron chi connectivity index (χ1n) is 10.7. The number of carbonyl (C=O) groups is 2. The topological polar surface area (TPSA) is 142 Å². The van der Waals surface area contributed by atoms with Crippen molar-refractivity contribution in [2.75, 3.05) is 0 Å². The zero-order chi connectivity index (χ0) is 24.6. The molecule has 0 aliphatic carbocycles. The van der Waals surface area contributed by atoms with Crippen LogP contribution in [0.1, 0.15) is 23.6 Å². The summed E-state index contributed by atoms with van der Waals surface area (Å²) in [7, 11) is 0. The van der Waals surface area contributed by atoms with Crippen molar-refractivity contribution in [3.8, 4) is 11.5 Å². The van der Waals surface area contributed by atoms with E-state index in [1.807, 2.05) is 0 Å². The number of benzene rings is 2. The van der Waals surface area contributed by atoms with Gasteiger partial charge in [0.1, 0.15) is 23.1 Å². The van der Waals surface area contributed by atoms with E-state index < -0.39 is 29.6 Å². The van der Waals surface area contributed by atoms with E-state index in [0.29, 0.717) is 33.2 Å². The number of aliphatic carboxylic acids is 1. The summed E-state index contributed by atoms with van der Waals surface area (Å²) >= 11 is 0. The van der Waals surface area contributed by atoms with Crippen molar-refractivity contribution in [1.82, 2.24) is 10.3 Å². The predicted octanol–water partition coefficient (Wildman–Crippen LogP) is 3.18. The SMILES string of the molecule is Cc1cc(O[C@@H](C)C(=O)N[C@@H](Cc2c[nH]c3ccc(O)cc23)C(=O)O)c2c(C)cc(=O)oc2c1. The Morgan fingerprint density at radius 3 is 2.68 bits per heavy atom. The smallest absolute Gasteiger partial charge is 0.336 e. The van der Waals surface area contributed by atoms with Gasteiger partial charge in [-0.15, -0.1) is 0 Å². The van der Waals surface area contributed by atoms with Gasteiger partial charge in [-0.25, -0.2) is 9.59 Å². The Morgan fingerprint density at radius 1 is 1.18 bits per heavy atom. The van der Waals surface area contributed by atoms with Gasteiger partial charge in [-0.1, -0.05) is 0 Å². The molecule has 34 heavy (non-hydrogen) atoms. The molecule has 1 amide bonds. The summed E-state index contributed by atoms with van der Waals surface area (Å²) in [5, 5.41) is 23.2. The largest absolute Gasteiger partial charge is 0.508 e. The second kappa shape index (κ2) is 8.93. The Morgan fingerprint density at radius 2 is 1.94 bits per heavy atom. The monoisotopic (exact) mass is 464 g/mol. The van der Waals surface area contributed by atoms with Crippen molar-refractivity contribution in [3.63, 3.8) is 0 Å². The highest BCUT2D eigenvalue weighted by Crippen LogP contribution is 2.30. The summed E-state index contributed by atoms with van der Waals surface area (Å²) in [4.78, 5) is 39.5. The van der Waals surface area contributed by atoms with Gasteiger partial charge in [0.25, 0.3) is 5.91 Å². The molecule has 0 spiro atoms. The van der Waals surface area contributed by atoms with Crippen molar-refractivity contribution in [2.24, 2.45) is 0 Å². The normalized spacial score (nSPS) is 13.0. The molecule has 0 aliphatic heterocycles. The highest BCUT2D eigenvalue weighted by atomic mass is 16.5. The predicted molar refractivity (Wildman–Crippen MR) is 125 cm³/mol. The maximum absolute atomic E-state index is 12.8. The minimum absolute atomic E-state index is 0.00882. The number of nitrogens with one attached hydrogen (secondary N) is 2. The van der Waals surface area contributed by atoms with E-state index in [9.17, 15) is 24.6 Å². The molecule has 0 aliphatic rings. The number of aromatic amines is 1. The van der Waals surface area contributed by atoms with Gasteiger partial charge >= 0.3 is 11.6 Å². The van der Waals surface area contributed by atoms with Crippen LogP contribution >= 0.6 is 0 Å². The Bertz CT molecular complexity index is 1470. The van der Waals surface area contributed by atoms with E-state index in [0.717, 1.165) is 11.1 Å². The number of amides is 1. The number of aromatic hydroxyl groups is 1. The van der Waals surface area contributed by atoms with E-state index in [-0.39, 0.29) is 12.2 Å². The Labute approximate surface area is 194 Å². The maximum atomic E-state index is 12.8. The van der Waals surface area contributed by atoms with E-state index in [1.54, 1.807) is 38.2 Å². The highest BCUT2D eigenvalue weighted by Gasteiger charge is 2.26. The fraction of sp³-hybridized carbons (Fsp3) is 0.240. The number of ether oxygens (including phenoxy) is 1. The third-order valence-corrected chi connectivity index (χ3v) is 5.61. The van der Waals surface area contributed by atoms with Gasteiger partial charge < -0.3 is 29.7 Å². The number of carbonyl (C=O) groups excluding carboxylic acids is 1.